The van der Waals surface area contributed by atoms with Gasteiger partial charge >= 0.3 is 5.97 Å². The second kappa shape index (κ2) is 9.48. The van der Waals surface area contributed by atoms with E-state index in [2.05, 4.69) is 11.7 Å². The van der Waals surface area contributed by atoms with Crippen LogP contribution in [0.25, 0.3) is 17.4 Å². The number of amides is 1. The summed E-state index contributed by atoms with van der Waals surface area (Å²) in [7, 11) is 0. The van der Waals surface area contributed by atoms with Crippen molar-refractivity contribution in [3.8, 4) is 11.3 Å². The molecule has 1 amide bonds. The highest BCUT2D eigenvalue weighted by Crippen LogP contribution is 2.30. The molecule has 1 aliphatic rings. The fourth-order valence-electron chi connectivity index (χ4n) is 3.24. The van der Waals surface area contributed by atoms with Crippen molar-refractivity contribution >= 4 is 52.6 Å². The van der Waals surface area contributed by atoms with Crippen LogP contribution >= 0.6 is 23.2 Å². The second-order valence-electron chi connectivity index (χ2n) is 7.12. The Morgan fingerprint density at radius 2 is 2.00 bits per heavy atom. The van der Waals surface area contributed by atoms with Gasteiger partial charge in [0.15, 0.2) is 0 Å². The third-order valence-electron chi connectivity index (χ3n) is 4.83. The molecule has 1 aliphatic heterocycles. The van der Waals surface area contributed by atoms with Gasteiger partial charge in [-0.25, -0.2) is 4.79 Å². The Morgan fingerprint density at radius 3 is 2.76 bits per heavy atom. The normalized spacial score (nSPS) is 14.5. The van der Waals surface area contributed by atoms with Crippen LogP contribution in [0.3, 0.4) is 0 Å². The minimum Gasteiger partial charge on any atom is -0.458 e. The van der Waals surface area contributed by atoms with Crippen LogP contribution in [0.4, 0.5) is 5.69 Å². The smallest absolute Gasteiger partial charge is 0.339 e. The topological polar surface area (TPSA) is 72.1 Å². The zero-order valence-electron chi connectivity index (χ0n) is 17.5. The molecule has 0 N–H and O–H groups in total. The molecule has 6 nitrogen and oxygen atoms in total. The Labute approximate surface area is 200 Å². The largest absolute Gasteiger partial charge is 0.458 e. The van der Waals surface area contributed by atoms with Crippen molar-refractivity contribution in [1.82, 2.24) is 0 Å². The number of carbonyl (C=O) groups excluding carboxylic acids is 2. The van der Waals surface area contributed by atoms with Crippen LogP contribution in [0.2, 0.25) is 10.0 Å². The molecule has 0 saturated carbocycles. The average molecular weight is 481 g/mol. The molecule has 0 fully saturated rings. The first-order chi connectivity index (χ1) is 15.9. The van der Waals surface area contributed by atoms with E-state index in [0.717, 1.165) is 0 Å². The fraction of sp³-hybridized carbons (Fsp3) is 0.0800. The highest BCUT2D eigenvalue weighted by atomic mass is 35.5. The van der Waals surface area contributed by atoms with Crippen molar-refractivity contribution in [2.45, 2.75) is 6.92 Å². The summed E-state index contributed by atoms with van der Waals surface area (Å²) in [6.45, 7) is 5.35. The van der Waals surface area contributed by atoms with Gasteiger partial charge in [0.1, 0.15) is 18.1 Å². The van der Waals surface area contributed by atoms with E-state index in [0.29, 0.717) is 39.1 Å². The van der Waals surface area contributed by atoms with Crippen molar-refractivity contribution in [1.29, 1.82) is 0 Å². The summed E-state index contributed by atoms with van der Waals surface area (Å²) in [6, 6.07) is 15.3. The van der Waals surface area contributed by atoms with Gasteiger partial charge < -0.3 is 9.15 Å². The number of halogens is 2. The minimum atomic E-state index is -0.555. The number of esters is 1. The molecule has 0 spiro atoms. The molecule has 0 saturated heterocycles. The third kappa shape index (κ3) is 4.77. The van der Waals surface area contributed by atoms with Crippen LogP contribution in [-0.4, -0.2) is 24.2 Å². The summed E-state index contributed by atoms with van der Waals surface area (Å²) in [5.74, 6) is 0.121. The van der Waals surface area contributed by atoms with E-state index >= 15 is 0 Å². The van der Waals surface area contributed by atoms with E-state index in [1.165, 1.54) is 11.1 Å². The van der Waals surface area contributed by atoms with Crippen molar-refractivity contribution in [2.75, 3.05) is 11.6 Å². The van der Waals surface area contributed by atoms with Crippen molar-refractivity contribution in [3.05, 3.63) is 94.2 Å². The summed E-state index contributed by atoms with van der Waals surface area (Å²) < 4.78 is 11.0. The van der Waals surface area contributed by atoms with Crippen LogP contribution in [0.5, 0.6) is 0 Å². The summed E-state index contributed by atoms with van der Waals surface area (Å²) in [5.41, 5.74) is 2.39. The fourth-order valence-corrected chi connectivity index (χ4v) is 3.62. The third-order valence-corrected chi connectivity index (χ3v) is 5.40. The van der Waals surface area contributed by atoms with Gasteiger partial charge in [-0.3, -0.25) is 4.79 Å². The molecule has 1 aromatic heterocycles. The summed E-state index contributed by atoms with van der Waals surface area (Å²) in [4.78, 5) is 25.2. The standard InChI is InChI=1S/C25H18Cl2N2O4/c1-3-11-32-25(31)21-12-16(7-9-22(21)27)23-10-8-19(33-23)14-20-15(2)28-29(24(20)30)18-6-4-5-17(26)13-18/h3-10,12-14H,1,11H2,2H3/b20-14-. The first kappa shape index (κ1) is 22.6. The maximum atomic E-state index is 12.9. The summed E-state index contributed by atoms with van der Waals surface area (Å²) in [6.07, 6.45) is 3.11. The van der Waals surface area contributed by atoms with Gasteiger partial charge in [-0.2, -0.15) is 10.1 Å². The monoisotopic (exact) mass is 480 g/mol. The Bertz CT molecular complexity index is 1320. The number of hydrogen-bond donors (Lipinski definition) is 0. The van der Waals surface area contributed by atoms with E-state index in [9.17, 15) is 9.59 Å². The number of nitrogens with zero attached hydrogens (tertiary/aromatic N) is 2. The molecule has 8 heteroatoms. The van der Waals surface area contributed by atoms with Crippen LogP contribution in [0.1, 0.15) is 23.0 Å². The molecule has 3 aromatic rings. The second-order valence-corrected chi connectivity index (χ2v) is 7.97. The minimum absolute atomic E-state index is 0.0823. The van der Waals surface area contributed by atoms with Gasteiger partial charge in [0.05, 0.1) is 27.6 Å². The van der Waals surface area contributed by atoms with E-state index < -0.39 is 5.97 Å². The van der Waals surface area contributed by atoms with Crippen LogP contribution < -0.4 is 5.01 Å². The molecule has 2 heterocycles. The summed E-state index contributed by atoms with van der Waals surface area (Å²) in [5, 5.41) is 6.43. The molecule has 33 heavy (non-hydrogen) atoms. The molecule has 0 bridgehead atoms. The lowest BCUT2D eigenvalue weighted by Crippen LogP contribution is -2.21. The maximum absolute atomic E-state index is 12.9. The van der Waals surface area contributed by atoms with Gasteiger partial charge in [0.25, 0.3) is 5.91 Å². The van der Waals surface area contributed by atoms with Gasteiger partial charge in [0, 0.05) is 10.6 Å². The molecule has 0 radical (unpaired) electrons. The highest BCUT2D eigenvalue weighted by Gasteiger charge is 2.29. The lowest BCUT2D eigenvalue weighted by molar-refractivity contribution is -0.114. The predicted molar refractivity (Wildman–Crippen MR) is 130 cm³/mol. The quantitative estimate of drug-likeness (QED) is 0.232. The molecule has 166 valence electrons. The Kier molecular flexibility index (Phi) is 6.49. The molecule has 0 atom stereocenters. The van der Waals surface area contributed by atoms with E-state index in [4.69, 9.17) is 32.4 Å². The van der Waals surface area contributed by atoms with E-state index in [-0.39, 0.29) is 23.1 Å². The molecular formula is C25H18Cl2N2O4. The van der Waals surface area contributed by atoms with Crippen LogP contribution in [0.15, 0.2) is 82.3 Å². The van der Waals surface area contributed by atoms with Gasteiger partial charge in [-0.15, -0.1) is 0 Å². The lowest BCUT2D eigenvalue weighted by Gasteiger charge is -2.11. The molecule has 4 rings (SSSR count). The first-order valence-electron chi connectivity index (χ1n) is 9.92. The highest BCUT2D eigenvalue weighted by molar-refractivity contribution is 6.34. The lowest BCUT2D eigenvalue weighted by atomic mass is 10.1. The van der Waals surface area contributed by atoms with Crippen LogP contribution in [0, 0.1) is 0 Å². The van der Waals surface area contributed by atoms with Crippen molar-refractivity contribution in [3.63, 3.8) is 0 Å². The van der Waals surface area contributed by atoms with Gasteiger partial charge in [-0.05, 0) is 61.5 Å². The van der Waals surface area contributed by atoms with Crippen LogP contribution in [-0.2, 0) is 9.53 Å². The van der Waals surface area contributed by atoms with Gasteiger partial charge in [0.2, 0.25) is 0 Å². The number of hydrazone groups is 1. The number of ether oxygens (including phenoxy) is 1. The SMILES string of the molecule is C=CCOC(=O)c1cc(-c2ccc(/C=C3\C(=O)N(c4cccc(Cl)c4)N=C3C)o2)ccc1Cl. The molecule has 0 aliphatic carbocycles. The number of benzene rings is 2. The van der Waals surface area contributed by atoms with Crippen molar-refractivity contribution in [2.24, 2.45) is 5.10 Å². The number of hydrogen-bond acceptors (Lipinski definition) is 5. The Hall–Kier alpha value is -3.61. The van der Waals surface area contributed by atoms with Crippen molar-refractivity contribution < 1.29 is 18.7 Å². The first-order valence-corrected chi connectivity index (χ1v) is 10.7. The van der Waals surface area contributed by atoms with E-state index in [1.807, 2.05) is 0 Å². The number of anilines is 1. The maximum Gasteiger partial charge on any atom is 0.339 e. The number of rotatable bonds is 6. The predicted octanol–water partition coefficient (Wildman–Crippen LogP) is 6.40. The summed E-state index contributed by atoms with van der Waals surface area (Å²) >= 11 is 12.2. The zero-order chi connectivity index (χ0) is 23.5. The zero-order valence-corrected chi connectivity index (χ0v) is 19.1. The van der Waals surface area contributed by atoms with E-state index in [1.54, 1.807) is 67.6 Å². The molecule has 0 unspecified atom stereocenters. The molecular weight excluding hydrogens is 463 g/mol. The van der Waals surface area contributed by atoms with Gasteiger partial charge in [-0.1, -0.05) is 41.9 Å². The number of furan rings is 1. The average Bonchev–Trinajstić information content (AvgIpc) is 3.38. The Morgan fingerprint density at radius 1 is 1.18 bits per heavy atom. The molecule has 2 aromatic carbocycles. The number of carbonyl (C=O) groups is 2. The Balaban J connectivity index is 1.59.